The fourth-order valence-corrected chi connectivity index (χ4v) is 3.91. The van der Waals surface area contributed by atoms with Gasteiger partial charge < -0.3 is 15.4 Å². The zero-order valence-corrected chi connectivity index (χ0v) is 20.3. The third-order valence-electron chi connectivity index (χ3n) is 5.02. The average molecular weight is 468 g/mol. The number of nitrogens with zero attached hydrogens (tertiary/aromatic N) is 2. The summed E-state index contributed by atoms with van der Waals surface area (Å²) in [5.41, 5.74) is 8.74. The third-order valence-corrected chi connectivity index (χ3v) is 5.78. The molecular formula is C26H30FN3O2S. The van der Waals surface area contributed by atoms with E-state index in [0.29, 0.717) is 30.9 Å². The quantitative estimate of drug-likeness (QED) is 0.332. The number of nitrogens with two attached hydrogens (primary N) is 1. The van der Waals surface area contributed by atoms with Crippen LogP contribution in [-0.2, 0) is 17.7 Å². The summed E-state index contributed by atoms with van der Waals surface area (Å²) in [6, 6.07) is 16.5. The number of thiophene rings is 1. The van der Waals surface area contributed by atoms with Crippen LogP contribution in [0.25, 0.3) is 0 Å². The van der Waals surface area contributed by atoms with E-state index >= 15 is 0 Å². The summed E-state index contributed by atoms with van der Waals surface area (Å²) < 4.78 is 19.6. The summed E-state index contributed by atoms with van der Waals surface area (Å²) in [7, 11) is 0. The Balaban J connectivity index is 1.80. The van der Waals surface area contributed by atoms with Gasteiger partial charge in [-0.3, -0.25) is 0 Å². The van der Waals surface area contributed by atoms with Crippen LogP contribution in [0.1, 0.15) is 43.0 Å². The van der Waals surface area contributed by atoms with E-state index in [9.17, 15) is 9.18 Å². The zero-order chi connectivity index (χ0) is 24.0. The van der Waals surface area contributed by atoms with E-state index in [-0.39, 0.29) is 5.82 Å². The molecule has 0 atom stereocenters. The van der Waals surface area contributed by atoms with Crippen molar-refractivity contribution in [3.8, 4) is 0 Å². The molecule has 0 radical (unpaired) electrons. The SMILES string of the molecule is Cc1c(F)cccc1CCN(Cc1cccc(/C(N)=N/c2cccs2)c1)C(=O)OC(C)(C)C. The number of hydrogen-bond acceptors (Lipinski definition) is 4. The number of carbonyl (C=O) groups is 1. The Hall–Kier alpha value is -3.19. The number of aliphatic imine (C=N–C) groups is 1. The number of amides is 1. The summed E-state index contributed by atoms with van der Waals surface area (Å²) in [6.07, 6.45) is 0.104. The third kappa shape index (κ3) is 7.15. The Bertz CT molecular complexity index is 1120. The monoisotopic (exact) mass is 467 g/mol. The standard InChI is InChI=1S/C26H30FN3O2S/c1-18-20(9-6-11-22(18)27)13-14-30(25(31)32-26(2,3)4)17-19-8-5-10-21(16-19)24(28)29-23-12-7-15-33-23/h5-12,15-16H,13-14,17H2,1-4H3,(H2,28,29). The molecule has 0 aliphatic carbocycles. The highest BCUT2D eigenvalue weighted by molar-refractivity contribution is 7.13. The van der Waals surface area contributed by atoms with Crippen molar-refractivity contribution in [3.63, 3.8) is 0 Å². The number of benzene rings is 2. The highest BCUT2D eigenvalue weighted by Gasteiger charge is 2.23. The van der Waals surface area contributed by atoms with Crippen LogP contribution in [0.5, 0.6) is 0 Å². The number of amidine groups is 1. The van der Waals surface area contributed by atoms with Crippen molar-refractivity contribution in [2.45, 2.75) is 46.3 Å². The molecule has 2 N–H and O–H groups in total. The van der Waals surface area contributed by atoms with Crippen molar-refractivity contribution in [3.05, 3.63) is 88.0 Å². The Kier molecular flexibility index (Phi) is 7.87. The summed E-state index contributed by atoms with van der Waals surface area (Å²) >= 11 is 1.51. The molecule has 33 heavy (non-hydrogen) atoms. The van der Waals surface area contributed by atoms with Crippen LogP contribution in [0.4, 0.5) is 14.2 Å². The maximum Gasteiger partial charge on any atom is 0.410 e. The molecule has 1 heterocycles. The van der Waals surface area contributed by atoms with Gasteiger partial charge in [-0.05, 0) is 80.5 Å². The van der Waals surface area contributed by atoms with Crippen LogP contribution >= 0.6 is 11.3 Å². The van der Waals surface area contributed by atoms with E-state index in [1.165, 1.54) is 17.4 Å². The molecule has 0 aliphatic rings. The summed E-state index contributed by atoms with van der Waals surface area (Å²) in [4.78, 5) is 19.0. The van der Waals surface area contributed by atoms with Crippen molar-refractivity contribution in [1.82, 2.24) is 4.90 Å². The maximum absolute atomic E-state index is 14.0. The van der Waals surface area contributed by atoms with Gasteiger partial charge in [0.15, 0.2) is 0 Å². The molecule has 7 heteroatoms. The van der Waals surface area contributed by atoms with E-state index in [1.807, 2.05) is 68.6 Å². The first kappa shape index (κ1) is 24.5. The first-order valence-electron chi connectivity index (χ1n) is 10.8. The zero-order valence-electron chi connectivity index (χ0n) is 19.5. The largest absolute Gasteiger partial charge is 0.444 e. The minimum absolute atomic E-state index is 0.246. The van der Waals surface area contributed by atoms with Crippen LogP contribution < -0.4 is 5.73 Å². The maximum atomic E-state index is 14.0. The lowest BCUT2D eigenvalue weighted by Crippen LogP contribution is -2.37. The Labute approximate surface area is 198 Å². The molecule has 0 bridgehead atoms. The van der Waals surface area contributed by atoms with E-state index in [2.05, 4.69) is 4.99 Å². The molecule has 0 unspecified atom stereocenters. The van der Waals surface area contributed by atoms with Crippen LogP contribution in [0.15, 0.2) is 65.0 Å². The van der Waals surface area contributed by atoms with Gasteiger partial charge in [-0.2, -0.15) is 0 Å². The van der Waals surface area contributed by atoms with E-state index in [0.717, 1.165) is 21.7 Å². The molecule has 0 saturated heterocycles. The van der Waals surface area contributed by atoms with Crippen molar-refractivity contribution < 1.29 is 13.9 Å². The lowest BCUT2D eigenvalue weighted by Gasteiger charge is -2.28. The molecule has 3 aromatic rings. The molecule has 1 aromatic heterocycles. The smallest absolute Gasteiger partial charge is 0.410 e. The van der Waals surface area contributed by atoms with Crippen molar-refractivity contribution in [2.24, 2.45) is 10.7 Å². The molecule has 0 fully saturated rings. The fourth-order valence-electron chi connectivity index (χ4n) is 3.31. The summed E-state index contributed by atoms with van der Waals surface area (Å²) in [5, 5.41) is 2.78. The van der Waals surface area contributed by atoms with Gasteiger partial charge in [0.25, 0.3) is 0 Å². The number of carbonyl (C=O) groups excluding carboxylic acids is 1. The molecule has 1 amide bonds. The van der Waals surface area contributed by atoms with Gasteiger partial charge in [0.1, 0.15) is 22.3 Å². The lowest BCUT2D eigenvalue weighted by molar-refractivity contribution is 0.0235. The molecule has 5 nitrogen and oxygen atoms in total. The highest BCUT2D eigenvalue weighted by Crippen LogP contribution is 2.21. The van der Waals surface area contributed by atoms with Gasteiger partial charge in [-0.15, -0.1) is 11.3 Å². The van der Waals surface area contributed by atoms with Gasteiger partial charge in [0, 0.05) is 18.7 Å². The number of halogens is 1. The van der Waals surface area contributed by atoms with Crippen LogP contribution in [0, 0.1) is 12.7 Å². The number of rotatable bonds is 7. The second-order valence-corrected chi connectivity index (χ2v) is 9.75. The molecule has 2 aromatic carbocycles. The predicted molar refractivity (Wildman–Crippen MR) is 133 cm³/mol. The van der Waals surface area contributed by atoms with Crippen molar-refractivity contribution in [2.75, 3.05) is 6.54 Å². The molecule has 0 saturated carbocycles. The lowest BCUT2D eigenvalue weighted by atomic mass is 10.0. The van der Waals surface area contributed by atoms with Crippen LogP contribution in [0.3, 0.4) is 0 Å². The number of ether oxygens (including phenoxy) is 1. The first-order chi connectivity index (χ1) is 15.6. The van der Waals surface area contributed by atoms with E-state index in [4.69, 9.17) is 10.5 Å². The minimum Gasteiger partial charge on any atom is -0.444 e. The molecular weight excluding hydrogens is 437 g/mol. The van der Waals surface area contributed by atoms with Crippen molar-refractivity contribution in [1.29, 1.82) is 0 Å². The van der Waals surface area contributed by atoms with E-state index < -0.39 is 11.7 Å². The van der Waals surface area contributed by atoms with Gasteiger partial charge in [-0.25, -0.2) is 14.2 Å². The fraction of sp³-hybridized carbons (Fsp3) is 0.308. The van der Waals surface area contributed by atoms with Crippen molar-refractivity contribution >= 4 is 28.3 Å². The van der Waals surface area contributed by atoms with Gasteiger partial charge in [-0.1, -0.05) is 30.3 Å². The Morgan fingerprint density at radius 3 is 2.61 bits per heavy atom. The first-order valence-corrected chi connectivity index (χ1v) is 11.7. The average Bonchev–Trinajstić information content (AvgIpc) is 3.25. The minimum atomic E-state index is -0.621. The highest BCUT2D eigenvalue weighted by atomic mass is 32.1. The summed E-state index contributed by atoms with van der Waals surface area (Å²) in [6.45, 7) is 7.99. The Morgan fingerprint density at radius 2 is 1.91 bits per heavy atom. The molecule has 3 rings (SSSR count). The van der Waals surface area contributed by atoms with Gasteiger partial charge in [0.2, 0.25) is 0 Å². The second kappa shape index (κ2) is 10.6. The van der Waals surface area contributed by atoms with Crippen LogP contribution in [0.2, 0.25) is 0 Å². The molecule has 0 spiro atoms. The normalized spacial score (nSPS) is 12.0. The molecule has 174 valence electrons. The van der Waals surface area contributed by atoms with Gasteiger partial charge >= 0.3 is 6.09 Å². The van der Waals surface area contributed by atoms with Gasteiger partial charge in [0.05, 0.1) is 0 Å². The predicted octanol–water partition coefficient (Wildman–Crippen LogP) is 6.21. The molecule has 0 aliphatic heterocycles. The summed E-state index contributed by atoms with van der Waals surface area (Å²) in [5.74, 6) is 0.169. The van der Waals surface area contributed by atoms with E-state index in [1.54, 1.807) is 17.9 Å². The second-order valence-electron chi connectivity index (χ2n) is 8.82. The number of hydrogen-bond donors (Lipinski definition) is 1. The topological polar surface area (TPSA) is 67.9 Å². The van der Waals surface area contributed by atoms with Crippen LogP contribution in [-0.4, -0.2) is 29.0 Å². The Morgan fingerprint density at radius 1 is 1.15 bits per heavy atom.